The number of carbonyl (C=O) groups is 1. The number of anilines is 1. The van der Waals surface area contributed by atoms with Crippen LogP contribution in [0.1, 0.15) is 90.9 Å². The van der Waals surface area contributed by atoms with E-state index in [1.165, 1.54) is 38.5 Å². The molecule has 1 atom stereocenters. The number of urea groups is 1. The van der Waals surface area contributed by atoms with Crippen LogP contribution in [0.5, 0.6) is 0 Å². The maximum Gasteiger partial charge on any atom is 0.319 e. The molecule has 0 heterocycles. The van der Waals surface area contributed by atoms with Gasteiger partial charge in [0.15, 0.2) is 23.3 Å². The highest BCUT2D eigenvalue weighted by atomic mass is 19.2. The molecule has 0 saturated carbocycles. The number of benzene rings is 1. The van der Waals surface area contributed by atoms with Crippen LogP contribution in [-0.4, -0.2) is 25.3 Å². The van der Waals surface area contributed by atoms with E-state index in [9.17, 15) is 26.7 Å². The van der Waals surface area contributed by atoms with Crippen molar-refractivity contribution in [2.24, 2.45) is 0 Å². The SMILES string of the molecule is CCCCCCCCCC(CCCCNC(=O)Nc1c(F)c(F)c(F)c(F)c1F)OCCC. The summed E-state index contributed by atoms with van der Waals surface area (Å²) in [5, 5.41) is 4.07. The van der Waals surface area contributed by atoms with Crippen LogP contribution in [0.3, 0.4) is 0 Å². The molecule has 2 amide bonds. The predicted octanol–water partition coefficient (Wildman–Crippen LogP) is 7.61. The molecule has 1 aromatic carbocycles. The number of halogens is 5. The van der Waals surface area contributed by atoms with Crippen molar-refractivity contribution in [1.29, 1.82) is 0 Å². The number of hydrogen-bond acceptors (Lipinski definition) is 2. The largest absolute Gasteiger partial charge is 0.378 e. The smallest absolute Gasteiger partial charge is 0.319 e. The average molecular weight is 481 g/mol. The Kier molecular flexibility index (Phi) is 14.7. The Bertz CT molecular complexity index is 690. The summed E-state index contributed by atoms with van der Waals surface area (Å²) >= 11 is 0. The van der Waals surface area contributed by atoms with Crippen LogP contribution in [0.25, 0.3) is 0 Å². The fourth-order valence-electron chi connectivity index (χ4n) is 3.50. The summed E-state index contributed by atoms with van der Waals surface area (Å²) in [7, 11) is 0. The molecule has 9 heteroatoms. The van der Waals surface area contributed by atoms with Crippen LogP contribution in [-0.2, 0) is 4.74 Å². The van der Waals surface area contributed by atoms with E-state index in [1.807, 2.05) is 0 Å². The van der Waals surface area contributed by atoms with Crippen molar-refractivity contribution in [3.8, 4) is 0 Å². The van der Waals surface area contributed by atoms with Crippen LogP contribution >= 0.6 is 0 Å². The molecule has 0 fully saturated rings. The van der Waals surface area contributed by atoms with Gasteiger partial charge in [-0.15, -0.1) is 0 Å². The third kappa shape index (κ3) is 10.7. The van der Waals surface area contributed by atoms with E-state index in [4.69, 9.17) is 4.74 Å². The van der Waals surface area contributed by atoms with Crippen molar-refractivity contribution in [3.63, 3.8) is 0 Å². The highest BCUT2D eigenvalue weighted by Crippen LogP contribution is 2.27. The molecule has 0 saturated heterocycles. The molecule has 1 aromatic rings. The number of unbranched alkanes of at least 4 members (excludes halogenated alkanes) is 7. The van der Waals surface area contributed by atoms with E-state index in [0.717, 1.165) is 32.1 Å². The lowest BCUT2D eigenvalue weighted by molar-refractivity contribution is 0.0387. The number of rotatable bonds is 17. The highest BCUT2D eigenvalue weighted by molar-refractivity contribution is 5.89. The molecule has 0 aliphatic rings. The number of carbonyl (C=O) groups excluding carboxylic acids is 1. The van der Waals surface area contributed by atoms with E-state index >= 15 is 0 Å². The van der Waals surface area contributed by atoms with Crippen LogP contribution in [0, 0.1) is 29.1 Å². The van der Waals surface area contributed by atoms with Crippen LogP contribution in [0.4, 0.5) is 32.4 Å². The summed E-state index contributed by atoms with van der Waals surface area (Å²) in [5.41, 5.74) is -1.37. The Labute approximate surface area is 193 Å². The lowest BCUT2D eigenvalue weighted by Crippen LogP contribution is -2.31. The van der Waals surface area contributed by atoms with E-state index in [2.05, 4.69) is 19.2 Å². The number of amides is 2. The molecular formula is C24H37F5N2O2. The molecule has 190 valence electrons. The normalized spacial score (nSPS) is 12.1. The van der Waals surface area contributed by atoms with Crippen LogP contribution in [0.2, 0.25) is 0 Å². The number of nitrogens with one attached hydrogen (secondary N) is 2. The Hall–Kier alpha value is -1.90. The molecule has 1 unspecified atom stereocenters. The molecule has 0 aromatic heterocycles. The lowest BCUT2D eigenvalue weighted by Gasteiger charge is -2.18. The molecule has 2 N–H and O–H groups in total. The van der Waals surface area contributed by atoms with Gasteiger partial charge in [-0.25, -0.2) is 26.7 Å². The summed E-state index contributed by atoms with van der Waals surface area (Å²) in [6.07, 6.45) is 12.9. The van der Waals surface area contributed by atoms with Gasteiger partial charge < -0.3 is 15.4 Å². The fourth-order valence-corrected chi connectivity index (χ4v) is 3.50. The van der Waals surface area contributed by atoms with Crippen molar-refractivity contribution in [3.05, 3.63) is 29.1 Å². The first kappa shape index (κ1) is 29.1. The zero-order valence-corrected chi connectivity index (χ0v) is 19.7. The standard InChI is InChI=1S/C24H37F5N2O2/c1-3-5-6-7-8-9-10-13-17(33-16-4-2)14-11-12-15-30-24(32)31-23-21(28)19(26)18(25)20(27)22(23)29/h17H,3-16H2,1-2H3,(H2,30,31,32). The number of hydrogen-bond donors (Lipinski definition) is 2. The summed E-state index contributed by atoms with van der Waals surface area (Å²) < 4.78 is 72.6. The van der Waals surface area contributed by atoms with E-state index in [0.29, 0.717) is 13.0 Å². The molecular weight excluding hydrogens is 443 g/mol. The van der Waals surface area contributed by atoms with E-state index < -0.39 is 40.8 Å². The van der Waals surface area contributed by atoms with Gasteiger partial charge in [0.1, 0.15) is 5.69 Å². The summed E-state index contributed by atoms with van der Waals surface area (Å²) in [4.78, 5) is 11.8. The molecule has 0 spiro atoms. The maximum absolute atomic E-state index is 13.6. The van der Waals surface area contributed by atoms with Crippen molar-refractivity contribution < 1.29 is 31.5 Å². The fraction of sp³-hybridized carbons (Fsp3) is 0.708. The first-order chi connectivity index (χ1) is 15.8. The Morgan fingerprint density at radius 3 is 1.82 bits per heavy atom. The Balaban J connectivity index is 2.33. The molecule has 0 bridgehead atoms. The Morgan fingerprint density at radius 2 is 1.24 bits per heavy atom. The molecule has 1 rings (SSSR count). The van der Waals surface area contributed by atoms with Crippen LogP contribution in [0.15, 0.2) is 0 Å². The molecule has 0 radical (unpaired) electrons. The molecule has 0 aliphatic heterocycles. The van der Waals surface area contributed by atoms with Gasteiger partial charge in [0, 0.05) is 13.2 Å². The van der Waals surface area contributed by atoms with Gasteiger partial charge in [0.2, 0.25) is 5.82 Å². The van der Waals surface area contributed by atoms with Crippen molar-refractivity contribution >= 4 is 11.7 Å². The predicted molar refractivity (Wildman–Crippen MR) is 120 cm³/mol. The third-order valence-corrected chi connectivity index (χ3v) is 5.37. The Morgan fingerprint density at radius 1 is 0.727 bits per heavy atom. The quantitative estimate of drug-likeness (QED) is 0.104. The van der Waals surface area contributed by atoms with Gasteiger partial charge in [-0.1, -0.05) is 58.8 Å². The van der Waals surface area contributed by atoms with E-state index in [-0.39, 0.29) is 12.6 Å². The van der Waals surface area contributed by atoms with Gasteiger partial charge in [-0.3, -0.25) is 0 Å². The van der Waals surface area contributed by atoms with Gasteiger partial charge in [-0.2, -0.15) is 0 Å². The van der Waals surface area contributed by atoms with E-state index in [1.54, 1.807) is 5.32 Å². The zero-order valence-electron chi connectivity index (χ0n) is 19.7. The monoisotopic (exact) mass is 480 g/mol. The van der Waals surface area contributed by atoms with Gasteiger partial charge in [0.05, 0.1) is 6.10 Å². The van der Waals surface area contributed by atoms with Gasteiger partial charge in [-0.05, 0) is 32.1 Å². The summed E-state index contributed by atoms with van der Waals surface area (Å²) in [5.74, 6) is -10.6. The van der Waals surface area contributed by atoms with Crippen molar-refractivity contribution in [1.82, 2.24) is 5.32 Å². The minimum Gasteiger partial charge on any atom is -0.378 e. The van der Waals surface area contributed by atoms with Gasteiger partial charge >= 0.3 is 6.03 Å². The average Bonchev–Trinajstić information content (AvgIpc) is 2.81. The second-order valence-corrected chi connectivity index (χ2v) is 8.22. The summed E-state index contributed by atoms with van der Waals surface area (Å²) in [6.45, 7) is 5.14. The molecule has 33 heavy (non-hydrogen) atoms. The summed E-state index contributed by atoms with van der Waals surface area (Å²) in [6, 6.07) is -1.04. The minimum absolute atomic E-state index is 0.155. The lowest BCUT2D eigenvalue weighted by atomic mass is 10.0. The first-order valence-electron chi connectivity index (χ1n) is 12.0. The maximum atomic E-state index is 13.6. The van der Waals surface area contributed by atoms with Crippen molar-refractivity contribution in [2.45, 2.75) is 97.0 Å². The third-order valence-electron chi connectivity index (χ3n) is 5.37. The topological polar surface area (TPSA) is 50.4 Å². The minimum atomic E-state index is -2.27. The van der Waals surface area contributed by atoms with Crippen molar-refractivity contribution in [2.75, 3.05) is 18.5 Å². The zero-order chi connectivity index (χ0) is 24.6. The first-order valence-corrected chi connectivity index (χ1v) is 12.0. The molecule has 0 aliphatic carbocycles. The van der Waals surface area contributed by atoms with Crippen LogP contribution < -0.4 is 10.6 Å². The van der Waals surface area contributed by atoms with Gasteiger partial charge in [0.25, 0.3) is 0 Å². The number of ether oxygens (including phenoxy) is 1. The second kappa shape index (κ2) is 16.7. The highest BCUT2D eigenvalue weighted by Gasteiger charge is 2.26. The second-order valence-electron chi connectivity index (χ2n) is 8.22. The molecule has 4 nitrogen and oxygen atoms in total.